The maximum atomic E-state index is 14.0. The van der Waals surface area contributed by atoms with E-state index in [0.717, 1.165) is 25.7 Å². The van der Waals surface area contributed by atoms with Crippen LogP contribution >= 0.6 is 0 Å². The normalized spacial score (nSPS) is 14.0. The summed E-state index contributed by atoms with van der Waals surface area (Å²) in [6.45, 7) is 2.43. The number of benzene rings is 2. The zero-order chi connectivity index (χ0) is 29.7. The molecule has 4 rings (SSSR count). The van der Waals surface area contributed by atoms with Crippen molar-refractivity contribution in [3.63, 3.8) is 0 Å². The van der Waals surface area contributed by atoms with Crippen LogP contribution in [0.25, 0.3) is 0 Å². The summed E-state index contributed by atoms with van der Waals surface area (Å²) >= 11 is 0. The molecule has 9 heteroatoms. The number of ether oxygens (including phenoxy) is 2. The maximum Gasteiger partial charge on any atom is 0.248 e. The number of pyridine rings is 1. The van der Waals surface area contributed by atoms with Gasteiger partial charge in [-0.3, -0.25) is 19.3 Å². The summed E-state index contributed by atoms with van der Waals surface area (Å²) < 4.78 is 11.0. The lowest BCUT2D eigenvalue weighted by atomic mass is 9.94. The van der Waals surface area contributed by atoms with Crippen LogP contribution in [0.2, 0.25) is 0 Å². The number of aromatic nitrogens is 1. The number of anilines is 2. The maximum absolute atomic E-state index is 14.0. The van der Waals surface area contributed by atoms with Crippen molar-refractivity contribution in [2.24, 2.45) is 0 Å². The third kappa shape index (κ3) is 8.55. The lowest BCUT2D eigenvalue weighted by Crippen LogP contribution is -2.47. The zero-order valence-corrected chi connectivity index (χ0v) is 24.4. The first-order valence-electron chi connectivity index (χ1n) is 14.7. The second-order valence-electron chi connectivity index (χ2n) is 10.3. The fraction of sp³-hybridized carbons (Fsp3) is 0.394. The first-order valence-corrected chi connectivity index (χ1v) is 14.7. The number of hydrogen-bond acceptors (Lipinski definition) is 6. The van der Waals surface area contributed by atoms with Crippen LogP contribution in [0.1, 0.15) is 69.9 Å². The summed E-state index contributed by atoms with van der Waals surface area (Å²) in [7, 11) is 1.58. The highest BCUT2D eigenvalue weighted by Crippen LogP contribution is 2.32. The molecule has 1 atom stereocenters. The highest BCUT2D eigenvalue weighted by molar-refractivity contribution is 6.01. The van der Waals surface area contributed by atoms with E-state index in [1.807, 2.05) is 31.2 Å². The van der Waals surface area contributed by atoms with Crippen LogP contribution in [0, 0.1) is 0 Å². The van der Waals surface area contributed by atoms with Crippen molar-refractivity contribution in [3.8, 4) is 11.5 Å². The first-order chi connectivity index (χ1) is 20.5. The molecule has 1 aromatic heterocycles. The van der Waals surface area contributed by atoms with E-state index in [9.17, 15) is 14.4 Å². The molecule has 2 N–H and O–H groups in total. The molecule has 3 aromatic rings. The molecule has 1 heterocycles. The van der Waals surface area contributed by atoms with Crippen molar-refractivity contribution in [3.05, 3.63) is 78.5 Å². The van der Waals surface area contributed by atoms with E-state index in [-0.39, 0.29) is 36.6 Å². The van der Waals surface area contributed by atoms with E-state index >= 15 is 0 Å². The van der Waals surface area contributed by atoms with E-state index in [0.29, 0.717) is 41.6 Å². The number of amides is 3. The van der Waals surface area contributed by atoms with Crippen LogP contribution in [0.15, 0.2) is 72.9 Å². The van der Waals surface area contributed by atoms with Crippen LogP contribution in [0.3, 0.4) is 0 Å². The topological polar surface area (TPSA) is 110 Å². The second-order valence-corrected chi connectivity index (χ2v) is 10.3. The van der Waals surface area contributed by atoms with Gasteiger partial charge >= 0.3 is 0 Å². The molecular formula is C33H40N4O5. The minimum absolute atomic E-state index is 0.0690. The Kier molecular flexibility index (Phi) is 11.3. The molecule has 9 nitrogen and oxygen atoms in total. The smallest absolute Gasteiger partial charge is 0.248 e. The molecular weight excluding hydrogens is 532 g/mol. The highest BCUT2D eigenvalue weighted by Gasteiger charge is 2.34. The quantitative estimate of drug-likeness (QED) is 0.267. The molecule has 0 unspecified atom stereocenters. The van der Waals surface area contributed by atoms with E-state index in [4.69, 9.17) is 9.47 Å². The Bertz CT molecular complexity index is 1290. The van der Waals surface area contributed by atoms with Gasteiger partial charge in [0.05, 0.1) is 13.7 Å². The molecule has 42 heavy (non-hydrogen) atoms. The van der Waals surface area contributed by atoms with Gasteiger partial charge in [0, 0.05) is 30.8 Å². The average Bonchev–Trinajstić information content (AvgIpc) is 3.01. The predicted molar refractivity (Wildman–Crippen MR) is 163 cm³/mol. The van der Waals surface area contributed by atoms with Crippen LogP contribution in [-0.4, -0.2) is 42.5 Å². The Hall–Kier alpha value is -4.40. The number of carbonyl (C=O) groups is 3. The Balaban J connectivity index is 1.60. The summed E-state index contributed by atoms with van der Waals surface area (Å²) in [5, 5.41) is 5.98. The summed E-state index contributed by atoms with van der Waals surface area (Å²) in [4.78, 5) is 46.2. The fourth-order valence-electron chi connectivity index (χ4n) is 5.20. The lowest BCUT2D eigenvalue weighted by Gasteiger charge is -2.33. The minimum Gasteiger partial charge on any atom is -0.497 e. The molecule has 0 bridgehead atoms. The van der Waals surface area contributed by atoms with Crippen LogP contribution in [0.4, 0.5) is 11.5 Å². The van der Waals surface area contributed by atoms with Crippen molar-refractivity contribution in [2.75, 3.05) is 23.9 Å². The molecule has 0 radical (unpaired) electrons. The first kappa shape index (κ1) is 30.6. The van der Waals surface area contributed by atoms with Crippen LogP contribution < -0.4 is 25.0 Å². The third-order valence-corrected chi connectivity index (χ3v) is 7.31. The zero-order valence-electron chi connectivity index (χ0n) is 24.4. The van der Waals surface area contributed by atoms with E-state index in [1.54, 1.807) is 60.7 Å². The molecule has 1 aliphatic carbocycles. The molecule has 222 valence electrons. The Labute approximate surface area is 247 Å². The van der Waals surface area contributed by atoms with Gasteiger partial charge in [0.15, 0.2) is 0 Å². The molecule has 2 aromatic carbocycles. The Morgan fingerprint density at radius 2 is 1.64 bits per heavy atom. The number of rotatable bonds is 13. The van der Waals surface area contributed by atoms with Gasteiger partial charge in [-0.15, -0.1) is 0 Å². The molecule has 0 spiro atoms. The van der Waals surface area contributed by atoms with Gasteiger partial charge in [-0.1, -0.05) is 37.5 Å². The average molecular weight is 573 g/mol. The summed E-state index contributed by atoms with van der Waals surface area (Å²) in [6.07, 6.45) is 7.27. The largest absolute Gasteiger partial charge is 0.497 e. The summed E-state index contributed by atoms with van der Waals surface area (Å²) in [5.74, 6) is 1.07. The van der Waals surface area contributed by atoms with Gasteiger partial charge in [0.25, 0.3) is 0 Å². The Morgan fingerprint density at radius 3 is 2.29 bits per heavy atom. The van der Waals surface area contributed by atoms with E-state index in [2.05, 4.69) is 15.6 Å². The highest BCUT2D eigenvalue weighted by atomic mass is 16.5. The third-order valence-electron chi connectivity index (χ3n) is 7.31. The van der Waals surface area contributed by atoms with Crippen LogP contribution in [-0.2, 0) is 14.4 Å². The number of nitrogens with one attached hydrogen (secondary N) is 2. The monoisotopic (exact) mass is 572 g/mol. The molecule has 1 saturated carbocycles. The predicted octanol–water partition coefficient (Wildman–Crippen LogP) is 5.82. The second kappa shape index (κ2) is 15.6. The van der Waals surface area contributed by atoms with Crippen molar-refractivity contribution in [1.29, 1.82) is 0 Å². The fourth-order valence-corrected chi connectivity index (χ4v) is 5.20. The van der Waals surface area contributed by atoms with Crippen molar-refractivity contribution >= 4 is 29.2 Å². The molecule has 3 amide bonds. The van der Waals surface area contributed by atoms with Crippen molar-refractivity contribution < 1.29 is 23.9 Å². The van der Waals surface area contributed by atoms with Crippen molar-refractivity contribution in [1.82, 2.24) is 10.3 Å². The minimum atomic E-state index is -0.911. The number of hydrogen-bond donors (Lipinski definition) is 2. The van der Waals surface area contributed by atoms with Gasteiger partial charge < -0.3 is 20.1 Å². The molecule has 1 aliphatic rings. The van der Waals surface area contributed by atoms with Crippen molar-refractivity contribution in [2.45, 2.75) is 70.4 Å². The molecule has 0 saturated heterocycles. The summed E-state index contributed by atoms with van der Waals surface area (Å²) in [5.41, 5.74) is 1.24. The van der Waals surface area contributed by atoms with Gasteiger partial charge in [0.1, 0.15) is 23.4 Å². The lowest BCUT2D eigenvalue weighted by molar-refractivity contribution is -0.127. The van der Waals surface area contributed by atoms with Gasteiger partial charge in [0.2, 0.25) is 17.7 Å². The number of nitrogens with zero attached hydrogens (tertiary/aromatic N) is 2. The Morgan fingerprint density at radius 1 is 0.929 bits per heavy atom. The van der Waals surface area contributed by atoms with Gasteiger partial charge in [-0.05, 0) is 80.3 Å². The number of methoxy groups -OCH3 is 1. The molecule has 1 fully saturated rings. The van der Waals surface area contributed by atoms with E-state index < -0.39 is 6.04 Å². The SMILES string of the molecule is CCOc1ccc([C@H](C(=O)NC2CCCCC2)N(C(=O)CCCC(=O)Nc2ccccn2)c2ccc(OC)cc2)cc1. The van der Waals surface area contributed by atoms with E-state index in [1.165, 1.54) is 6.42 Å². The summed E-state index contributed by atoms with van der Waals surface area (Å²) in [6, 6.07) is 18.8. The molecule has 0 aliphatic heterocycles. The number of carbonyl (C=O) groups excluding carboxylic acids is 3. The van der Waals surface area contributed by atoms with Gasteiger partial charge in [-0.2, -0.15) is 0 Å². The van der Waals surface area contributed by atoms with Crippen LogP contribution in [0.5, 0.6) is 11.5 Å². The van der Waals surface area contributed by atoms with Gasteiger partial charge in [-0.25, -0.2) is 4.98 Å². The standard InChI is InChI=1S/C33H40N4O5/c1-3-42-28-19-15-24(16-20-28)32(33(40)35-25-10-5-4-6-11-25)37(26-17-21-27(41-2)22-18-26)31(39)14-9-13-30(38)36-29-12-7-8-23-34-29/h7-8,12,15-23,25,32H,3-6,9-11,13-14H2,1-2H3,(H,35,40)(H,34,36,38)/t32-/m1/s1.